The molecule has 0 bridgehead atoms. The first kappa shape index (κ1) is 18.2. The zero-order valence-corrected chi connectivity index (χ0v) is 15.1. The lowest BCUT2D eigenvalue weighted by atomic mass is 10.1. The maximum absolute atomic E-state index is 12.6. The van der Waals surface area contributed by atoms with E-state index in [0.717, 1.165) is 18.0 Å². The van der Waals surface area contributed by atoms with Crippen molar-refractivity contribution in [3.05, 3.63) is 24.3 Å². The number of hydrogen-bond donors (Lipinski definition) is 1. The van der Waals surface area contributed by atoms with Gasteiger partial charge in [-0.25, -0.2) is 9.69 Å². The third-order valence-electron chi connectivity index (χ3n) is 4.85. The molecule has 1 atom stereocenters. The summed E-state index contributed by atoms with van der Waals surface area (Å²) in [6, 6.07) is 5.58. The van der Waals surface area contributed by atoms with E-state index in [-0.39, 0.29) is 18.2 Å². The van der Waals surface area contributed by atoms with Crippen molar-refractivity contribution in [2.45, 2.75) is 18.9 Å². The minimum Gasteiger partial charge on any atom is -0.497 e. The minimum atomic E-state index is -0.666. The van der Waals surface area contributed by atoms with E-state index in [1.807, 2.05) is 11.9 Å². The van der Waals surface area contributed by atoms with E-state index in [2.05, 4.69) is 10.2 Å². The van der Waals surface area contributed by atoms with E-state index in [4.69, 9.17) is 4.74 Å². The first-order valence-corrected chi connectivity index (χ1v) is 8.74. The van der Waals surface area contributed by atoms with E-state index in [1.54, 1.807) is 31.4 Å². The fourth-order valence-electron chi connectivity index (χ4n) is 3.18. The fraction of sp³-hybridized carbons (Fsp3) is 0.500. The Morgan fingerprint density at radius 1 is 1.15 bits per heavy atom. The number of anilines is 1. The van der Waals surface area contributed by atoms with E-state index >= 15 is 0 Å². The number of carbonyl (C=O) groups is 3. The van der Waals surface area contributed by atoms with Crippen molar-refractivity contribution in [3.63, 3.8) is 0 Å². The lowest BCUT2D eigenvalue weighted by Gasteiger charge is -2.32. The SMILES string of the molecule is COc1ccc(N2C(=O)N[C@H](CCC(=O)N3CCN(C)CC3)C2=O)cc1. The van der Waals surface area contributed by atoms with E-state index < -0.39 is 12.1 Å². The van der Waals surface area contributed by atoms with Crippen LogP contribution in [0.1, 0.15) is 12.8 Å². The van der Waals surface area contributed by atoms with Crippen LogP contribution in [0.25, 0.3) is 0 Å². The Bertz CT molecular complexity index is 683. The van der Waals surface area contributed by atoms with Crippen molar-refractivity contribution in [2.75, 3.05) is 45.2 Å². The number of amides is 4. The molecule has 26 heavy (non-hydrogen) atoms. The summed E-state index contributed by atoms with van der Waals surface area (Å²) in [5.74, 6) is 0.351. The standard InChI is InChI=1S/C18H24N4O4/c1-20-9-11-21(12-10-20)16(23)8-7-15-17(24)22(18(25)19-15)13-3-5-14(26-2)6-4-13/h3-6,15H,7-12H2,1-2H3,(H,19,25)/t15-/m1/s1. The molecule has 2 aliphatic heterocycles. The van der Waals surface area contributed by atoms with Gasteiger partial charge in [-0.2, -0.15) is 0 Å². The Hall–Kier alpha value is -2.61. The number of methoxy groups -OCH3 is 1. The van der Waals surface area contributed by atoms with Crippen LogP contribution in [-0.2, 0) is 9.59 Å². The highest BCUT2D eigenvalue weighted by molar-refractivity contribution is 6.21. The molecule has 3 rings (SSSR count). The van der Waals surface area contributed by atoms with Crippen molar-refractivity contribution >= 4 is 23.5 Å². The Balaban J connectivity index is 1.57. The minimum absolute atomic E-state index is 0.0306. The van der Waals surface area contributed by atoms with Crippen molar-refractivity contribution in [3.8, 4) is 5.75 Å². The van der Waals surface area contributed by atoms with E-state index in [9.17, 15) is 14.4 Å². The summed E-state index contributed by atoms with van der Waals surface area (Å²) in [5.41, 5.74) is 0.487. The second-order valence-corrected chi connectivity index (χ2v) is 6.60. The van der Waals surface area contributed by atoms with Gasteiger partial charge in [-0.15, -0.1) is 0 Å². The largest absolute Gasteiger partial charge is 0.497 e. The monoisotopic (exact) mass is 360 g/mol. The summed E-state index contributed by atoms with van der Waals surface area (Å²) in [7, 11) is 3.58. The molecule has 0 radical (unpaired) electrons. The molecule has 2 aliphatic rings. The summed E-state index contributed by atoms with van der Waals surface area (Å²) in [6.45, 7) is 3.13. The quantitative estimate of drug-likeness (QED) is 0.781. The number of rotatable bonds is 5. The molecule has 0 spiro atoms. The topological polar surface area (TPSA) is 82.2 Å². The van der Waals surface area contributed by atoms with Gasteiger partial charge >= 0.3 is 6.03 Å². The third-order valence-corrected chi connectivity index (χ3v) is 4.85. The molecule has 1 aromatic carbocycles. The lowest BCUT2D eigenvalue weighted by molar-refractivity contribution is -0.133. The summed E-state index contributed by atoms with van der Waals surface area (Å²) in [5, 5.41) is 2.67. The van der Waals surface area contributed by atoms with Crippen LogP contribution in [0.2, 0.25) is 0 Å². The number of nitrogens with zero attached hydrogens (tertiary/aromatic N) is 3. The van der Waals surface area contributed by atoms with Gasteiger partial charge in [-0.1, -0.05) is 0 Å². The van der Waals surface area contributed by atoms with Gasteiger partial charge in [-0.05, 0) is 37.7 Å². The van der Waals surface area contributed by atoms with Crippen LogP contribution < -0.4 is 15.0 Å². The normalized spacial score (nSPS) is 21.1. The molecule has 0 unspecified atom stereocenters. The molecule has 140 valence electrons. The van der Waals surface area contributed by atoms with Crippen molar-refractivity contribution in [2.24, 2.45) is 0 Å². The Labute approximate surface area is 152 Å². The summed E-state index contributed by atoms with van der Waals surface area (Å²) >= 11 is 0. The maximum Gasteiger partial charge on any atom is 0.329 e. The van der Waals surface area contributed by atoms with E-state index in [0.29, 0.717) is 30.9 Å². The van der Waals surface area contributed by atoms with Gasteiger partial charge in [-0.3, -0.25) is 9.59 Å². The highest BCUT2D eigenvalue weighted by Crippen LogP contribution is 2.24. The van der Waals surface area contributed by atoms with Gasteiger partial charge in [0.15, 0.2) is 0 Å². The van der Waals surface area contributed by atoms with Crippen LogP contribution in [0.4, 0.5) is 10.5 Å². The molecule has 0 aromatic heterocycles. The van der Waals surface area contributed by atoms with Crippen LogP contribution in [0.3, 0.4) is 0 Å². The van der Waals surface area contributed by atoms with Crippen molar-refractivity contribution in [1.82, 2.24) is 15.1 Å². The molecular formula is C18H24N4O4. The molecule has 4 amide bonds. The smallest absolute Gasteiger partial charge is 0.329 e. The van der Waals surface area contributed by atoms with Crippen LogP contribution in [0.15, 0.2) is 24.3 Å². The second kappa shape index (κ2) is 7.74. The first-order valence-electron chi connectivity index (χ1n) is 8.74. The predicted molar refractivity (Wildman–Crippen MR) is 96.1 cm³/mol. The van der Waals surface area contributed by atoms with Crippen LogP contribution in [-0.4, -0.2) is 74.0 Å². The Morgan fingerprint density at radius 2 is 1.81 bits per heavy atom. The zero-order chi connectivity index (χ0) is 18.7. The predicted octanol–water partition coefficient (Wildman–Crippen LogP) is 0.674. The maximum atomic E-state index is 12.6. The van der Waals surface area contributed by atoms with Crippen molar-refractivity contribution < 1.29 is 19.1 Å². The van der Waals surface area contributed by atoms with Crippen molar-refractivity contribution in [1.29, 1.82) is 0 Å². The van der Waals surface area contributed by atoms with E-state index in [1.165, 1.54) is 0 Å². The molecule has 8 heteroatoms. The average Bonchev–Trinajstić information content (AvgIpc) is 2.94. The number of hydrogen-bond acceptors (Lipinski definition) is 5. The summed E-state index contributed by atoms with van der Waals surface area (Å²) in [4.78, 5) is 42.2. The van der Waals surface area contributed by atoms with Gasteiger partial charge in [0, 0.05) is 32.6 Å². The second-order valence-electron chi connectivity index (χ2n) is 6.60. The highest BCUT2D eigenvalue weighted by Gasteiger charge is 2.39. The number of carbonyl (C=O) groups excluding carboxylic acids is 3. The van der Waals surface area contributed by atoms with Crippen LogP contribution in [0, 0.1) is 0 Å². The Kier molecular flexibility index (Phi) is 5.41. The van der Waals surface area contributed by atoms with Crippen LogP contribution >= 0.6 is 0 Å². The molecule has 1 aromatic rings. The Morgan fingerprint density at radius 3 is 2.42 bits per heavy atom. The number of benzene rings is 1. The summed E-state index contributed by atoms with van der Waals surface area (Å²) in [6.07, 6.45) is 0.555. The molecule has 2 heterocycles. The number of piperazine rings is 1. The molecule has 0 aliphatic carbocycles. The van der Waals surface area contributed by atoms with Gasteiger partial charge in [0.25, 0.3) is 5.91 Å². The molecule has 8 nitrogen and oxygen atoms in total. The molecular weight excluding hydrogens is 336 g/mol. The number of nitrogens with one attached hydrogen (secondary N) is 1. The summed E-state index contributed by atoms with van der Waals surface area (Å²) < 4.78 is 5.09. The number of urea groups is 1. The fourth-order valence-corrected chi connectivity index (χ4v) is 3.18. The number of imide groups is 1. The van der Waals surface area contributed by atoms with Crippen LogP contribution in [0.5, 0.6) is 5.75 Å². The van der Waals surface area contributed by atoms with Gasteiger partial charge in [0.1, 0.15) is 11.8 Å². The highest BCUT2D eigenvalue weighted by atomic mass is 16.5. The molecule has 2 fully saturated rings. The van der Waals surface area contributed by atoms with Gasteiger partial charge < -0.3 is 19.9 Å². The number of likely N-dealkylation sites (N-methyl/N-ethyl adjacent to an activating group) is 1. The third kappa shape index (κ3) is 3.80. The van der Waals surface area contributed by atoms with Gasteiger partial charge in [0.05, 0.1) is 12.8 Å². The molecule has 0 saturated carbocycles. The lowest BCUT2D eigenvalue weighted by Crippen LogP contribution is -2.47. The van der Waals surface area contributed by atoms with Gasteiger partial charge in [0.2, 0.25) is 5.91 Å². The number of ether oxygens (including phenoxy) is 1. The molecule has 2 saturated heterocycles. The molecule has 1 N–H and O–H groups in total. The zero-order valence-electron chi connectivity index (χ0n) is 15.1. The first-order chi connectivity index (χ1) is 12.5. The average molecular weight is 360 g/mol.